The maximum Gasteiger partial charge on any atom is 0.240 e. The lowest BCUT2D eigenvalue weighted by atomic mass is 9.81. The third-order valence-electron chi connectivity index (χ3n) is 4.23. The minimum absolute atomic E-state index is 0.0385. The first-order chi connectivity index (χ1) is 8.12. The first-order valence-corrected chi connectivity index (χ1v) is 6.79. The molecule has 4 heteroatoms. The zero-order valence-corrected chi connectivity index (χ0v) is 10.7. The van der Waals surface area contributed by atoms with Crippen LogP contribution in [0.3, 0.4) is 0 Å². The molecule has 1 aliphatic carbocycles. The van der Waals surface area contributed by atoms with Crippen molar-refractivity contribution >= 4 is 5.91 Å². The molecule has 2 atom stereocenters. The number of amides is 1. The molecule has 0 radical (unpaired) electrons. The van der Waals surface area contributed by atoms with Crippen molar-refractivity contribution in [3.05, 3.63) is 0 Å². The van der Waals surface area contributed by atoms with Gasteiger partial charge in [0.25, 0.3) is 0 Å². The predicted octanol–water partition coefficient (Wildman–Crippen LogP) is 1.19. The van der Waals surface area contributed by atoms with Gasteiger partial charge in [0.1, 0.15) is 0 Å². The Bertz CT molecular complexity index is 269. The molecule has 0 aromatic heterocycles. The van der Waals surface area contributed by atoms with E-state index in [2.05, 4.69) is 12.2 Å². The fourth-order valence-corrected chi connectivity index (χ4v) is 2.83. The molecule has 3 N–H and O–H groups in total. The summed E-state index contributed by atoms with van der Waals surface area (Å²) in [6, 6.07) is 0.173. The average molecular weight is 240 g/mol. The van der Waals surface area contributed by atoms with Crippen molar-refractivity contribution in [1.29, 1.82) is 0 Å². The predicted molar refractivity (Wildman–Crippen MR) is 66.5 cm³/mol. The van der Waals surface area contributed by atoms with Crippen molar-refractivity contribution in [2.45, 2.75) is 57.0 Å². The van der Waals surface area contributed by atoms with Crippen molar-refractivity contribution in [3.8, 4) is 0 Å². The molecular weight excluding hydrogens is 216 g/mol. The Morgan fingerprint density at radius 1 is 1.41 bits per heavy atom. The third-order valence-corrected chi connectivity index (χ3v) is 4.23. The molecule has 2 aliphatic rings. The molecule has 1 aliphatic heterocycles. The Morgan fingerprint density at radius 3 is 2.71 bits per heavy atom. The summed E-state index contributed by atoms with van der Waals surface area (Å²) < 4.78 is 5.35. The summed E-state index contributed by atoms with van der Waals surface area (Å²) >= 11 is 0. The third kappa shape index (κ3) is 2.99. The van der Waals surface area contributed by atoms with Gasteiger partial charge in [0.15, 0.2) is 0 Å². The number of carbonyl (C=O) groups is 1. The summed E-state index contributed by atoms with van der Waals surface area (Å²) in [4.78, 5) is 12.2. The van der Waals surface area contributed by atoms with E-state index in [1.807, 2.05) is 0 Å². The second-order valence-electron chi connectivity index (χ2n) is 5.60. The molecule has 0 aromatic carbocycles. The quantitative estimate of drug-likeness (QED) is 0.779. The molecule has 1 amide bonds. The largest absolute Gasteiger partial charge is 0.381 e. The highest BCUT2D eigenvalue weighted by molar-refractivity contribution is 5.86. The molecule has 4 nitrogen and oxygen atoms in total. The van der Waals surface area contributed by atoms with Gasteiger partial charge in [0.2, 0.25) is 5.91 Å². The fraction of sp³-hybridized carbons (Fsp3) is 0.923. The van der Waals surface area contributed by atoms with E-state index < -0.39 is 5.54 Å². The summed E-state index contributed by atoms with van der Waals surface area (Å²) in [5, 5.41) is 3.09. The molecule has 17 heavy (non-hydrogen) atoms. The minimum atomic E-state index is -0.619. The highest BCUT2D eigenvalue weighted by Crippen LogP contribution is 2.26. The monoisotopic (exact) mass is 240 g/mol. The van der Waals surface area contributed by atoms with Gasteiger partial charge in [-0.15, -0.1) is 0 Å². The van der Waals surface area contributed by atoms with Crippen LogP contribution in [0, 0.1) is 5.92 Å². The minimum Gasteiger partial charge on any atom is -0.381 e. The average Bonchev–Trinajstić information content (AvgIpc) is 2.83. The van der Waals surface area contributed by atoms with Gasteiger partial charge in [-0.1, -0.05) is 19.3 Å². The first-order valence-electron chi connectivity index (χ1n) is 6.79. The van der Waals surface area contributed by atoms with Gasteiger partial charge >= 0.3 is 0 Å². The van der Waals surface area contributed by atoms with Crippen LogP contribution in [0.25, 0.3) is 0 Å². The fourth-order valence-electron chi connectivity index (χ4n) is 2.83. The second-order valence-corrected chi connectivity index (χ2v) is 5.60. The number of ether oxygens (including phenoxy) is 1. The van der Waals surface area contributed by atoms with Gasteiger partial charge < -0.3 is 15.8 Å². The molecular formula is C13H24N2O2. The highest BCUT2D eigenvalue weighted by atomic mass is 16.5. The lowest BCUT2D eigenvalue weighted by molar-refractivity contribution is -0.128. The maximum atomic E-state index is 12.2. The number of nitrogens with two attached hydrogens (primary N) is 1. The number of carbonyl (C=O) groups excluding carboxylic acids is 1. The van der Waals surface area contributed by atoms with Gasteiger partial charge in [-0.3, -0.25) is 4.79 Å². The molecule has 2 rings (SSSR count). The molecule has 0 aromatic rings. The standard InChI is InChI=1S/C13H24N2O2/c1-10(11-5-8-17-9-11)15-12(16)13(14)6-3-2-4-7-13/h10-11H,2-9,14H2,1H3,(H,15,16). The molecule has 0 spiro atoms. The smallest absolute Gasteiger partial charge is 0.240 e. The summed E-state index contributed by atoms with van der Waals surface area (Å²) in [7, 11) is 0. The summed E-state index contributed by atoms with van der Waals surface area (Å²) in [5.74, 6) is 0.489. The van der Waals surface area contributed by atoms with E-state index in [-0.39, 0.29) is 11.9 Å². The van der Waals surface area contributed by atoms with E-state index in [0.29, 0.717) is 5.92 Å². The number of rotatable bonds is 3. The van der Waals surface area contributed by atoms with Crippen molar-refractivity contribution in [1.82, 2.24) is 5.32 Å². The van der Waals surface area contributed by atoms with Crippen LogP contribution in [0.4, 0.5) is 0 Å². The highest BCUT2D eigenvalue weighted by Gasteiger charge is 2.36. The van der Waals surface area contributed by atoms with Gasteiger partial charge in [-0.2, -0.15) is 0 Å². The van der Waals surface area contributed by atoms with E-state index in [4.69, 9.17) is 10.5 Å². The maximum absolute atomic E-state index is 12.2. The first kappa shape index (κ1) is 12.8. The van der Waals surface area contributed by atoms with Crippen LogP contribution in [0.1, 0.15) is 45.4 Å². The number of hydrogen-bond donors (Lipinski definition) is 2. The summed E-state index contributed by atoms with van der Waals surface area (Å²) in [6.07, 6.45) is 6.05. The number of nitrogens with one attached hydrogen (secondary N) is 1. The van der Waals surface area contributed by atoms with E-state index in [9.17, 15) is 4.79 Å². The van der Waals surface area contributed by atoms with Gasteiger partial charge in [0, 0.05) is 18.6 Å². The molecule has 1 saturated heterocycles. The van der Waals surface area contributed by atoms with Gasteiger partial charge in [0.05, 0.1) is 12.1 Å². The van der Waals surface area contributed by atoms with Crippen LogP contribution in [-0.4, -0.2) is 30.7 Å². The lowest BCUT2D eigenvalue weighted by Crippen LogP contribution is -2.57. The van der Waals surface area contributed by atoms with Crippen LogP contribution in [0.2, 0.25) is 0 Å². The second kappa shape index (κ2) is 5.36. The zero-order chi connectivity index (χ0) is 12.3. The summed E-state index contributed by atoms with van der Waals surface area (Å²) in [5.41, 5.74) is 5.59. The van der Waals surface area contributed by atoms with Crippen LogP contribution >= 0.6 is 0 Å². The normalized spacial score (nSPS) is 29.9. The molecule has 2 fully saturated rings. The molecule has 1 saturated carbocycles. The van der Waals surface area contributed by atoms with Crippen molar-refractivity contribution in [3.63, 3.8) is 0 Å². The van der Waals surface area contributed by atoms with E-state index >= 15 is 0 Å². The van der Waals surface area contributed by atoms with Crippen molar-refractivity contribution in [2.24, 2.45) is 11.7 Å². The number of hydrogen-bond acceptors (Lipinski definition) is 3. The van der Waals surface area contributed by atoms with Crippen LogP contribution in [0.5, 0.6) is 0 Å². The Labute approximate surface area is 103 Å². The van der Waals surface area contributed by atoms with Crippen LogP contribution in [0.15, 0.2) is 0 Å². The lowest BCUT2D eigenvalue weighted by Gasteiger charge is -2.33. The Kier molecular flexibility index (Phi) is 4.05. The Balaban J connectivity index is 1.86. The Hall–Kier alpha value is -0.610. The Morgan fingerprint density at radius 2 is 2.12 bits per heavy atom. The molecule has 2 unspecified atom stereocenters. The molecule has 98 valence electrons. The van der Waals surface area contributed by atoms with E-state index in [1.54, 1.807) is 0 Å². The topological polar surface area (TPSA) is 64.4 Å². The van der Waals surface area contributed by atoms with Crippen LogP contribution < -0.4 is 11.1 Å². The van der Waals surface area contributed by atoms with Gasteiger partial charge in [-0.25, -0.2) is 0 Å². The van der Waals surface area contributed by atoms with E-state index in [0.717, 1.165) is 45.3 Å². The van der Waals surface area contributed by atoms with Crippen LogP contribution in [-0.2, 0) is 9.53 Å². The molecule has 1 heterocycles. The molecule has 0 bridgehead atoms. The SMILES string of the molecule is CC(NC(=O)C1(N)CCCCC1)C1CCOC1. The van der Waals surface area contributed by atoms with Gasteiger partial charge in [-0.05, 0) is 26.2 Å². The van der Waals surface area contributed by atoms with E-state index in [1.165, 1.54) is 6.42 Å². The summed E-state index contributed by atoms with van der Waals surface area (Å²) in [6.45, 7) is 3.64. The van der Waals surface area contributed by atoms with Crippen molar-refractivity contribution < 1.29 is 9.53 Å². The zero-order valence-electron chi connectivity index (χ0n) is 10.7. The van der Waals surface area contributed by atoms with Crippen molar-refractivity contribution in [2.75, 3.05) is 13.2 Å².